The van der Waals surface area contributed by atoms with Crippen molar-refractivity contribution in [2.45, 2.75) is 77.2 Å². The van der Waals surface area contributed by atoms with E-state index in [2.05, 4.69) is 6.92 Å². The van der Waals surface area contributed by atoms with Gasteiger partial charge in [0.25, 0.3) is 0 Å². The number of ketones is 1. The third-order valence-corrected chi connectivity index (χ3v) is 4.63. The second-order valence-corrected chi connectivity index (χ2v) is 6.74. The molecule has 2 N–H and O–H groups in total. The minimum Gasteiger partial charge on any atom is -0.481 e. The van der Waals surface area contributed by atoms with Gasteiger partial charge in [-0.15, -0.1) is 0 Å². The van der Waals surface area contributed by atoms with Crippen LogP contribution in [0.25, 0.3) is 0 Å². The Balaban J connectivity index is 2.29. The molecule has 0 aliphatic heterocycles. The lowest BCUT2D eigenvalue weighted by Gasteiger charge is -2.15. The van der Waals surface area contributed by atoms with E-state index < -0.39 is 12.1 Å². The van der Waals surface area contributed by atoms with Crippen LogP contribution < -0.4 is 0 Å². The first-order valence-electron chi connectivity index (χ1n) is 9.34. The number of carbonyl (C=O) groups is 2. The van der Waals surface area contributed by atoms with Crippen LogP contribution in [0.1, 0.15) is 71.1 Å². The van der Waals surface area contributed by atoms with Gasteiger partial charge in [-0.3, -0.25) is 9.59 Å². The SMILES string of the molecule is CCCCCC(O)/C=C/[C@H]1C=CC(=O)C1CCCCCCC(=O)O. The summed E-state index contributed by atoms with van der Waals surface area (Å²) in [6.45, 7) is 2.14. The lowest BCUT2D eigenvalue weighted by atomic mass is 9.88. The van der Waals surface area contributed by atoms with E-state index in [9.17, 15) is 14.7 Å². The van der Waals surface area contributed by atoms with E-state index >= 15 is 0 Å². The number of aliphatic hydroxyl groups is 1. The van der Waals surface area contributed by atoms with Gasteiger partial charge >= 0.3 is 5.97 Å². The molecule has 4 heteroatoms. The predicted octanol–water partition coefficient (Wildman–Crippen LogP) is 4.28. The lowest BCUT2D eigenvalue weighted by molar-refractivity contribution is -0.137. The Morgan fingerprint density at radius 2 is 1.96 bits per heavy atom. The minimum atomic E-state index is -0.743. The smallest absolute Gasteiger partial charge is 0.303 e. The molecule has 1 rings (SSSR count). The summed E-state index contributed by atoms with van der Waals surface area (Å²) in [5, 5.41) is 18.6. The molecule has 2 unspecified atom stereocenters. The molecule has 0 saturated carbocycles. The Morgan fingerprint density at radius 1 is 1.21 bits per heavy atom. The topological polar surface area (TPSA) is 74.6 Å². The minimum absolute atomic E-state index is 0.0106. The molecule has 0 radical (unpaired) electrons. The molecule has 3 atom stereocenters. The average Bonchev–Trinajstić information content (AvgIpc) is 2.89. The molecular formula is C20H32O4. The fraction of sp³-hybridized carbons (Fsp3) is 0.700. The Morgan fingerprint density at radius 3 is 2.67 bits per heavy atom. The van der Waals surface area contributed by atoms with Gasteiger partial charge in [0.2, 0.25) is 0 Å². The number of carboxylic acid groups (broad SMARTS) is 1. The van der Waals surface area contributed by atoms with Crippen LogP contribution in [0.4, 0.5) is 0 Å². The molecule has 136 valence electrons. The van der Waals surface area contributed by atoms with Gasteiger partial charge in [-0.05, 0) is 25.3 Å². The van der Waals surface area contributed by atoms with E-state index in [-0.39, 0.29) is 24.0 Å². The van der Waals surface area contributed by atoms with E-state index in [0.717, 1.165) is 51.4 Å². The highest BCUT2D eigenvalue weighted by Gasteiger charge is 2.27. The third kappa shape index (κ3) is 8.44. The van der Waals surface area contributed by atoms with Crippen LogP contribution in [-0.2, 0) is 9.59 Å². The van der Waals surface area contributed by atoms with Crippen LogP contribution >= 0.6 is 0 Å². The molecule has 0 aromatic carbocycles. The number of rotatable bonds is 13. The van der Waals surface area contributed by atoms with Crippen LogP contribution in [-0.4, -0.2) is 28.1 Å². The van der Waals surface area contributed by atoms with Crippen molar-refractivity contribution in [3.8, 4) is 0 Å². The molecule has 0 aromatic rings. The first-order valence-corrected chi connectivity index (χ1v) is 9.34. The van der Waals surface area contributed by atoms with Crippen molar-refractivity contribution in [3.63, 3.8) is 0 Å². The molecule has 24 heavy (non-hydrogen) atoms. The van der Waals surface area contributed by atoms with Crippen molar-refractivity contribution < 1.29 is 19.8 Å². The van der Waals surface area contributed by atoms with Crippen LogP contribution in [0.2, 0.25) is 0 Å². The van der Waals surface area contributed by atoms with Gasteiger partial charge in [-0.2, -0.15) is 0 Å². The van der Waals surface area contributed by atoms with Gasteiger partial charge in [0, 0.05) is 18.3 Å². The highest BCUT2D eigenvalue weighted by atomic mass is 16.4. The second kappa shape index (κ2) is 12.0. The van der Waals surface area contributed by atoms with Crippen molar-refractivity contribution >= 4 is 11.8 Å². The maximum absolute atomic E-state index is 12.0. The van der Waals surface area contributed by atoms with Gasteiger partial charge in [0.15, 0.2) is 5.78 Å². The second-order valence-electron chi connectivity index (χ2n) is 6.74. The summed E-state index contributed by atoms with van der Waals surface area (Å²) in [6, 6.07) is 0. The zero-order chi connectivity index (χ0) is 17.8. The molecule has 4 nitrogen and oxygen atoms in total. The van der Waals surface area contributed by atoms with E-state index in [1.165, 1.54) is 0 Å². The summed E-state index contributed by atoms with van der Waals surface area (Å²) in [7, 11) is 0. The molecule has 0 amide bonds. The largest absolute Gasteiger partial charge is 0.481 e. The van der Waals surface area contributed by atoms with E-state index in [4.69, 9.17) is 5.11 Å². The van der Waals surface area contributed by atoms with Crippen molar-refractivity contribution in [2.24, 2.45) is 11.8 Å². The summed E-state index contributed by atoms with van der Waals surface area (Å²) >= 11 is 0. The van der Waals surface area contributed by atoms with Crippen molar-refractivity contribution in [1.82, 2.24) is 0 Å². The predicted molar refractivity (Wildman–Crippen MR) is 95.8 cm³/mol. The van der Waals surface area contributed by atoms with Crippen molar-refractivity contribution in [1.29, 1.82) is 0 Å². The normalized spacial score (nSPS) is 21.7. The first-order chi connectivity index (χ1) is 11.5. The number of aliphatic hydroxyl groups excluding tert-OH is 1. The Labute approximate surface area is 145 Å². The molecule has 0 spiro atoms. The fourth-order valence-corrected chi connectivity index (χ4v) is 3.14. The monoisotopic (exact) mass is 336 g/mol. The first kappa shape index (κ1) is 20.6. The summed E-state index contributed by atoms with van der Waals surface area (Å²) in [6.07, 6.45) is 15.7. The fourth-order valence-electron chi connectivity index (χ4n) is 3.14. The number of aliphatic carboxylic acids is 1. The van der Waals surface area contributed by atoms with Crippen LogP contribution in [0.15, 0.2) is 24.3 Å². The average molecular weight is 336 g/mol. The number of carboxylic acids is 1. The number of allylic oxidation sites excluding steroid dienone is 3. The van der Waals surface area contributed by atoms with Gasteiger partial charge in [0.05, 0.1) is 6.10 Å². The summed E-state index contributed by atoms with van der Waals surface area (Å²) in [4.78, 5) is 22.4. The summed E-state index contributed by atoms with van der Waals surface area (Å²) < 4.78 is 0. The number of carbonyl (C=O) groups excluding carboxylic acids is 1. The van der Waals surface area contributed by atoms with Crippen LogP contribution in [0.5, 0.6) is 0 Å². The highest BCUT2D eigenvalue weighted by molar-refractivity contribution is 5.94. The van der Waals surface area contributed by atoms with Gasteiger partial charge in [-0.25, -0.2) is 0 Å². The molecule has 0 aromatic heterocycles. The van der Waals surface area contributed by atoms with Gasteiger partial charge in [0.1, 0.15) is 0 Å². The highest BCUT2D eigenvalue weighted by Crippen LogP contribution is 2.29. The Bertz CT molecular complexity index is 439. The quantitative estimate of drug-likeness (QED) is 0.389. The van der Waals surface area contributed by atoms with Crippen LogP contribution in [0, 0.1) is 11.8 Å². The van der Waals surface area contributed by atoms with Crippen LogP contribution in [0.3, 0.4) is 0 Å². The van der Waals surface area contributed by atoms with E-state index in [1.807, 2.05) is 18.2 Å². The molecule has 0 saturated heterocycles. The summed E-state index contributed by atoms with van der Waals surface area (Å²) in [5.41, 5.74) is 0. The summed E-state index contributed by atoms with van der Waals surface area (Å²) in [5.74, 6) is -0.482. The van der Waals surface area contributed by atoms with E-state index in [0.29, 0.717) is 6.42 Å². The third-order valence-electron chi connectivity index (χ3n) is 4.63. The lowest BCUT2D eigenvalue weighted by Crippen LogP contribution is -2.15. The number of hydrogen-bond acceptors (Lipinski definition) is 3. The zero-order valence-electron chi connectivity index (χ0n) is 14.8. The zero-order valence-corrected chi connectivity index (χ0v) is 14.8. The Hall–Kier alpha value is -1.42. The number of unbranched alkanes of at least 4 members (excludes halogenated alkanes) is 5. The molecule has 0 heterocycles. The van der Waals surface area contributed by atoms with Crippen molar-refractivity contribution in [3.05, 3.63) is 24.3 Å². The molecule has 0 fully saturated rings. The maximum atomic E-state index is 12.0. The molecule has 0 bridgehead atoms. The van der Waals surface area contributed by atoms with E-state index in [1.54, 1.807) is 6.08 Å². The standard InChI is InChI=1S/C20H32O4/c1-2-3-6-9-17(21)14-12-16-13-15-19(22)18(16)10-7-4-5-8-11-20(23)24/h12-18,21H,2-11H2,1H3,(H,23,24)/b14-12+/t16-,17?,18?/m0/s1. The van der Waals surface area contributed by atoms with Gasteiger partial charge < -0.3 is 10.2 Å². The van der Waals surface area contributed by atoms with Crippen molar-refractivity contribution in [2.75, 3.05) is 0 Å². The Kier molecular flexibility index (Phi) is 10.3. The van der Waals surface area contributed by atoms with Gasteiger partial charge in [-0.1, -0.05) is 63.7 Å². The molecular weight excluding hydrogens is 304 g/mol. The number of hydrogen-bond donors (Lipinski definition) is 2. The molecule has 1 aliphatic carbocycles. The maximum Gasteiger partial charge on any atom is 0.303 e. The molecule has 1 aliphatic rings.